The van der Waals surface area contributed by atoms with Crippen molar-refractivity contribution in [3.05, 3.63) is 35.9 Å². The summed E-state index contributed by atoms with van der Waals surface area (Å²) in [6.45, 7) is 0. The number of nitriles is 1. The lowest BCUT2D eigenvalue weighted by Gasteiger charge is -2.42. The molecule has 2 aliphatic carbocycles. The molecule has 0 spiro atoms. The van der Waals surface area contributed by atoms with Crippen LogP contribution in [-0.4, -0.2) is 37.9 Å². The van der Waals surface area contributed by atoms with Gasteiger partial charge < -0.3 is 4.90 Å². The van der Waals surface area contributed by atoms with Crippen molar-refractivity contribution in [3.63, 3.8) is 0 Å². The molecule has 0 aliphatic heterocycles. The van der Waals surface area contributed by atoms with Crippen LogP contribution in [0.1, 0.15) is 37.7 Å². The quantitative estimate of drug-likeness (QED) is 0.787. The van der Waals surface area contributed by atoms with Gasteiger partial charge in [-0.05, 0) is 55.9 Å². The van der Waals surface area contributed by atoms with Crippen molar-refractivity contribution in [1.29, 1.82) is 5.26 Å². The van der Waals surface area contributed by atoms with Gasteiger partial charge in [0, 0.05) is 19.2 Å². The zero-order chi connectivity index (χ0) is 18.1. The van der Waals surface area contributed by atoms with Crippen LogP contribution in [-0.2, 0) is 14.8 Å². The summed E-state index contributed by atoms with van der Waals surface area (Å²) in [6, 6.07) is 8.68. The number of nitrogens with one attached hydrogen (secondary N) is 1. The van der Waals surface area contributed by atoms with Crippen molar-refractivity contribution in [3.8, 4) is 6.07 Å². The standard InChI is InChI=1S/C18H21N3O3S/c1-21(18(13-19)11-2-12-18)17(22)10-5-14-3-8-16(9-4-14)25(23,24)20-15-6-7-15/h3-5,8-10,15,20H,2,6-7,11-12H2,1H3/b10-5+. The summed E-state index contributed by atoms with van der Waals surface area (Å²) >= 11 is 0. The average molecular weight is 359 g/mol. The summed E-state index contributed by atoms with van der Waals surface area (Å²) < 4.78 is 26.9. The molecule has 7 heteroatoms. The fourth-order valence-electron chi connectivity index (χ4n) is 2.77. The summed E-state index contributed by atoms with van der Waals surface area (Å²) in [5.74, 6) is -0.228. The number of sulfonamides is 1. The fraction of sp³-hybridized carbons (Fsp3) is 0.444. The second-order valence-corrected chi connectivity index (χ2v) is 8.41. The van der Waals surface area contributed by atoms with E-state index in [1.54, 1.807) is 25.3 Å². The molecule has 1 aromatic rings. The minimum atomic E-state index is -3.46. The first-order valence-electron chi connectivity index (χ1n) is 8.36. The van der Waals surface area contributed by atoms with Gasteiger partial charge in [-0.3, -0.25) is 4.79 Å². The highest BCUT2D eigenvalue weighted by molar-refractivity contribution is 7.89. The van der Waals surface area contributed by atoms with E-state index in [-0.39, 0.29) is 16.8 Å². The Kier molecular flexibility index (Phi) is 4.67. The van der Waals surface area contributed by atoms with Crippen LogP contribution >= 0.6 is 0 Å². The minimum absolute atomic E-state index is 0.0664. The van der Waals surface area contributed by atoms with Crippen molar-refractivity contribution in [2.75, 3.05) is 7.05 Å². The lowest BCUT2D eigenvalue weighted by molar-refractivity contribution is -0.130. The number of hydrogen-bond donors (Lipinski definition) is 1. The molecule has 1 amide bonds. The predicted molar refractivity (Wildman–Crippen MR) is 93.8 cm³/mol. The van der Waals surface area contributed by atoms with E-state index >= 15 is 0 Å². The molecule has 2 aliphatic rings. The normalized spacial score (nSPS) is 19.2. The highest BCUT2D eigenvalue weighted by atomic mass is 32.2. The molecule has 2 saturated carbocycles. The Bertz CT molecular complexity index is 829. The van der Waals surface area contributed by atoms with E-state index in [2.05, 4.69) is 10.8 Å². The molecular formula is C18H21N3O3S. The highest BCUT2D eigenvalue weighted by Gasteiger charge is 2.42. The van der Waals surface area contributed by atoms with E-state index in [0.29, 0.717) is 12.8 Å². The number of benzene rings is 1. The lowest BCUT2D eigenvalue weighted by Crippen LogP contribution is -2.52. The Morgan fingerprint density at radius 3 is 2.44 bits per heavy atom. The van der Waals surface area contributed by atoms with Crippen molar-refractivity contribution < 1.29 is 13.2 Å². The number of nitrogens with zero attached hydrogens (tertiary/aromatic N) is 2. The van der Waals surface area contributed by atoms with Gasteiger partial charge in [0.15, 0.2) is 0 Å². The van der Waals surface area contributed by atoms with Gasteiger partial charge >= 0.3 is 0 Å². The Hall–Kier alpha value is -2.17. The fourth-order valence-corrected chi connectivity index (χ4v) is 4.08. The van der Waals surface area contributed by atoms with Crippen molar-refractivity contribution in [1.82, 2.24) is 9.62 Å². The molecule has 0 heterocycles. The first kappa shape index (κ1) is 17.6. The predicted octanol–water partition coefficient (Wildman–Crippen LogP) is 2.05. The van der Waals surface area contributed by atoms with Crippen LogP contribution in [0.3, 0.4) is 0 Å². The van der Waals surface area contributed by atoms with Gasteiger partial charge in [0.2, 0.25) is 15.9 Å². The first-order valence-corrected chi connectivity index (χ1v) is 9.84. The average Bonchev–Trinajstić information content (AvgIpc) is 3.35. The molecule has 0 unspecified atom stereocenters. The van der Waals surface area contributed by atoms with Crippen LogP contribution in [0.25, 0.3) is 6.08 Å². The second kappa shape index (κ2) is 6.62. The molecule has 0 radical (unpaired) electrons. The highest BCUT2D eigenvalue weighted by Crippen LogP contribution is 2.36. The Morgan fingerprint density at radius 1 is 1.32 bits per heavy atom. The minimum Gasteiger partial charge on any atom is -0.323 e. The zero-order valence-electron chi connectivity index (χ0n) is 14.1. The molecule has 6 nitrogen and oxygen atoms in total. The Morgan fingerprint density at radius 2 is 1.96 bits per heavy atom. The first-order chi connectivity index (χ1) is 11.9. The molecule has 1 aromatic carbocycles. The Labute approximate surface area is 148 Å². The maximum Gasteiger partial charge on any atom is 0.247 e. The second-order valence-electron chi connectivity index (χ2n) is 6.69. The number of carbonyl (C=O) groups excluding carboxylic acids is 1. The summed E-state index contributed by atoms with van der Waals surface area (Å²) in [5.41, 5.74) is 0.0557. The SMILES string of the molecule is CN(C(=O)/C=C/c1ccc(S(=O)(=O)NC2CC2)cc1)C1(C#N)CCC1. The number of rotatable bonds is 6. The molecule has 0 atom stereocenters. The summed E-state index contributed by atoms with van der Waals surface area (Å²) in [6.07, 6.45) is 7.20. The van der Waals surface area contributed by atoms with Crippen LogP contribution in [0.15, 0.2) is 35.2 Å². The van der Waals surface area contributed by atoms with Gasteiger partial charge in [-0.15, -0.1) is 0 Å². The van der Waals surface area contributed by atoms with Crippen molar-refractivity contribution in [2.45, 2.75) is 48.6 Å². The van der Waals surface area contributed by atoms with E-state index in [1.807, 2.05) is 0 Å². The lowest BCUT2D eigenvalue weighted by atomic mass is 9.76. The van der Waals surface area contributed by atoms with E-state index in [0.717, 1.165) is 24.8 Å². The van der Waals surface area contributed by atoms with Gasteiger partial charge in [0.1, 0.15) is 5.54 Å². The van der Waals surface area contributed by atoms with Crippen molar-refractivity contribution >= 4 is 22.0 Å². The maximum atomic E-state index is 12.3. The number of likely N-dealkylation sites (N-methyl/N-ethyl adjacent to an activating group) is 1. The molecule has 3 rings (SSSR count). The van der Waals surface area contributed by atoms with E-state index in [1.165, 1.54) is 23.1 Å². The molecule has 132 valence electrons. The summed E-state index contributed by atoms with van der Waals surface area (Å²) in [7, 11) is -1.82. The van der Waals surface area contributed by atoms with E-state index < -0.39 is 15.6 Å². The largest absolute Gasteiger partial charge is 0.323 e. The van der Waals surface area contributed by atoms with E-state index in [9.17, 15) is 18.5 Å². The van der Waals surface area contributed by atoms with E-state index in [4.69, 9.17) is 0 Å². The molecule has 0 aromatic heterocycles. The molecule has 1 N–H and O–H groups in total. The van der Waals surface area contributed by atoms with Crippen LogP contribution in [0.5, 0.6) is 0 Å². The zero-order valence-corrected chi connectivity index (χ0v) is 14.9. The maximum absolute atomic E-state index is 12.3. The van der Waals surface area contributed by atoms with Gasteiger partial charge in [-0.25, -0.2) is 13.1 Å². The monoisotopic (exact) mass is 359 g/mol. The molecular weight excluding hydrogens is 338 g/mol. The van der Waals surface area contributed by atoms with Gasteiger partial charge in [0.05, 0.1) is 11.0 Å². The third kappa shape index (κ3) is 3.75. The third-order valence-electron chi connectivity index (χ3n) is 4.87. The molecule has 25 heavy (non-hydrogen) atoms. The number of hydrogen-bond acceptors (Lipinski definition) is 4. The summed E-state index contributed by atoms with van der Waals surface area (Å²) in [4.78, 5) is 14.0. The molecule has 2 fully saturated rings. The topological polar surface area (TPSA) is 90.3 Å². The van der Waals surface area contributed by atoms with Crippen LogP contribution in [0.2, 0.25) is 0 Å². The van der Waals surface area contributed by atoms with Crippen LogP contribution in [0.4, 0.5) is 0 Å². The van der Waals surface area contributed by atoms with Gasteiger partial charge in [0.25, 0.3) is 0 Å². The Balaban J connectivity index is 1.65. The van der Waals surface area contributed by atoms with Crippen molar-refractivity contribution in [2.24, 2.45) is 0 Å². The summed E-state index contributed by atoms with van der Waals surface area (Å²) in [5, 5.41) is 9.28. The van der Waals surface area contributed by atoms with Gasteiger partial charge in [-0.2, -0.15) is 5.26 Å². The molecule has 0 bridgehead atoms. The number of amides is 1. The third-order valence-corrected chi connectivity index (χ3v) is 6.41. The molecule has 0 saturated heterocycles. The smallest absolute Gasteiger partial charge is 0.247 e. The van der Waals surface area contributed by atoms with Crippen LogP contribution in [0, 0.1) is 11.3 Å². The number of carbonyl (C=O) groups is 1. The van der Waals surface area contributed by atoms with Crippen LogP contribution < -0.4 is 4.72 Å². The van der Waals surface area contributed by atoms with Gasteiger partial charge in [-0.1, -0.05) is 12.1 Å².